The summed E-state index contributed by atoms with van der Waals surface area (Å²) in [6, 6.07) is 15.0. The first-order valence-corrected chi connectivity index (χ1v) is 16.6. The van der Waals surface area contributed by atoms with Crippen LogP contribution in [0.2, 0.25) is 0 Å². The summed E-state index contributed by atoms with van der Waals surface area (Å²) in [6.07, 6.45) is 0. The predicted molar refractivity (Wildman–Crippen MR) is 149 cm³/mol. The number of hydrogen-bond donors (Lipinski definition) is 6. The SMILES string of the molecule is Nc1cc(S(=O)(=O)O)c2cc(S(=O)(=O)O)cc(S(=O)(=O)O)c2c1.Nc1ccc(N=Nc2ccc(S(=O)(=O)O)cc2)cc1. The number of hydrogen-bond acceptors (Lipinski definition) is 12. The van der Waals surface area contributed by atoms with Gasteiger partial charge in [-0.05, 0) is 72.8 Å². The van der Waals surface area contributed by atoms with Gasteiger partial charge in [0.05, 0.1) is 21.2 Å². The van der Waals surface area contributed by atoms with Crippen LogP contribution in [0.5, 0.6) is 0 Å². The van der Waals surface area contributed by atoms with Gasteiger partial charge in [0.25, 0.3) is 40.5 Å². The Balaban J connectivity index is 0.000000235. The van der Waals surface area contributed by atoms with Crippen molar-refractivity contribution < 1.29 is 51.9 Å². The molecular formula is C22H20N4O12S4. The van der Waals surface area contributed by atoms with Gasteiger partial charge in [0, 0.05) is 22.1 Å². The molecule has 4 aromatic rings. The van der Waals surface area contributed by atoms with Gasteiger partial charge in [-0.2, -0.15) is 43.9 Å². The predicted octanol–water partition coefficient (Wildman–Crippen LogP) is 3.09. The smallest absolute Gasteiger partial charge is 0.295 e. The van der Waals surface area contributed by atoms with E-state index in [1.54, 1.807) is 24.3 Å². The molecule has 42 heavy (non-hydrogen) atoms. The summed E-state index contributed by atoms with van der Waals surface area (Å²) in [5.41, 5.74) is 12.5. The van der Waals surface area contributed by atoms with Crippen molar-refractivity contribution in [3.05, 3.63) is 72.8 Å². The first-order valence-electron chi connectivity index (χ1n) is 10.8. The van der Waals surface area contributed by atoms with E-state index in [-0.39, 0.29) is 10.6 Å². The summed E-state index contributed by atoms with van der Waals surface area (Å²) in [4.78, 5) is -3.06. The Morgan fingerprint density at radius 3 is 1.29 bits per heavy atom. The summed E-state index contributed by atoms with van der Waals surface area (Å²) in [6.45, 7) is 0. The molecule has 0 fully saturated rings. The largest absolute Gasteiger partial charge is 0.399 e. The lowest BCUT2D eigenvalue weighted by Gasteiger charge is -2.11. The second kappa shape index (κ2) is 11.7. The molecule has 0 unspecified atom stereocenters. The van der Waals surface area contributed by atoms with Crippen molar-refractivity contribution in [3.8, 4) is 0 Å². The van der Waals surface area contributed by atoms with E-state index in [0.717, 1.165) is 12.1 Å². The average molecular weight is 661 g/mol. The second-order valence-corrected chi connectivity index (χ2v) is 13.8. The number of nitrogens with zero attached hydrogens (tertiary/aromatic N) is 2. The first-order chi connectivity index (χ1) is 19.2. The van der Waals surface area contributed by atoms with Gasteiger partial charge in [0.15, 0.2) is 0 Å². The molecule has 0 aromatic heterocycles. The fourth-order valence-corrected chi connectivity index (χ4v) is 5.85. The van der Waals surface area contributed by atoms with Crippen LogP contribution in [-0.4, -0.2) is 51.9 Å². The number of azo groups is 1. The Labute approximate surface area is 239 Å². The van der Waals surface area contributed by atoms with Crippen LogP contribution >= 0.6 is 0 Å². The van der Waals surface area contributed by atoms with Gasteiger partial charge in [0.1, 0.15) is 9.79 Å². The molecule has 0 atom stereocenters. The first kappa shape index (κ1) is 32.5. The molecule has 0 spiro atoms. The minimum Gasteiger partial charge on any atom is -0.399 e. The molecular weight excluding hydrogens is 641 g/mol. The number of rotatable bonds is 6. The van der Waals surface area contributed by atoms with E-state index >= 15 is 0 Å². The van der Waals surface area contributed by atoms with Crippen LogP contribution in [0, 0.1) is 0 Å². The topological polar surface area (TPSA) is 294 Å². The van der Waals surface area contributed by atoms with Crippen LogP contribution < -0.4 is 11.5 Å². The van der Waals surface area contributed by atoms with Crippen molar-refractivity contribution in [3.63, 3.8) is 0 Å². The highest BCUT2D eigenvalue weighted by atomic mass is 32.2. The fourth-order valence-electron chi connectivity index (χ4n) is 3.31. The molecule has 0 heterocycles. The molecule has 16 nitrogen and oxygen atoms in total. The second-order valence-electron chi connectivity index (χ2n) is 8.22. The minimum absolute atomic E-state index is 0.182. The Bertz CT molecular complexity index is 2130. The third-order valence-corrected chi connectivity index (χ3v) is 8.64. The minimum atomic E-state index is -5.00. The molecule has 0 bridgehead atoms. The standard InChI is InChI=1S/C12H11N3O3S.C10H9NO9S3/c13-9-1-3-10(4-2-9)14-15-11-5-7-12(8-6-11)19(16,17)18;11-5-1-7-8(9(2-5)22(15,16)17)3-6(21(12,13)14)4-10(7)23(18,19)20/h1-8H,13H2,(H,16,17,18);1-4H,11H2,(H,12,13,14)(H,15,16,17)(H,18,19,20). The van der Waals surface area contributed by atoms with Crippen LogP contribution in [0.25, 0.3) is 10.8 Å². The van der Waals surface area contributed by atoms with E-state index < -0.39 is 65.9 Å². The zero-order valence-corrected chi connectivity index (χ0v) is 23.9. The summed E-state index contributed by atoms with van der Waals surface area (Å²) in [5, 5.41) is 6.89. The lowest BCUT2D eigenvalue weighted by atomic mass is 10.1. The molecule has 0 aliphatic rings. The molecule has 0 radical (unpaired) electrons. The van der Waals surface area contributed by atoms with Crippen molar-refractivity contribution in [2.45, 2.75) is 19.6 Å². The molecule has 4 aromatic carbocycles. The maximum atomic E-state index is 11.4. The van der Waals surface area contributed by atoms with Crippen LogP contribution in [0.4, 0.5) is 22.7 Å². The number of anilines is 2. The van der Waals surface area contributed by atoms with Gasteiger partial charge in [-0.3, -0.25) is 18.2 Å². The molecule has 224 valence electrons. The monoisotopic (exact) mass is 660 g/mol. The van der Waals surface area contributed by atoms with E-state index in [1.165, 1.54) is 24.3 Å². The van der Waals surface area contributed by atoms with Crippen molar-refractivity contribution in [1.82, 2.24) is 0 Å². The normalized spacial score (nSPS) is 12.7. The molecule has 0 saturated heterocycles. The maximum absolute atomic E-state index is 11.4. The van der Waals surface area contributed by atoms with Gasteiger partial charge in [0.2, 0.25) is 0 Å². The molecule has 0 amide bonds. The molecule has 0 aliphatic carbocycles. The number of nitrogen functional groups attached to an aromatic ring is 2. The molecule has 20 heteroatoms. The van der Waals surface area contributed by atoms with E-state index in [9.17, 15) is 42.8 Å². The fraction of sp³-hybridized carbons (Fsp3) is 0. The van der Waals surface area contributed by atoms with Crippen LogP contribution in [-0.2, 0) is 40.5 Å². The van der Waals surface area contributed by atoms with Crippen LogP contribution in [0.15, 0.2) is 103 Å². The van der Waals surface area contributed by atoms with Crippen molar-refractivity contribution in [2.75, 3.05) is 11.5 Å². The highest BCUT2D eigenvalue weighted by Crippen LogP contribution is 2.33. The molecule has 0 aliphatic heterocycles. The Kier molecular flexibility index (Phi) is 9.05. The number of fused-ring (bicyclic) bond motifs is 1. The summed E-state index contributed by atoms with van der Waals surface area (Å²) in [5.74, 6) is 0. The maximum Gasteiger partial charge on any atom is 0.295 e. The van der Waals surface area contributed by atoms with Gasteiger partial charge in [-0.1, -0.05) is 0 Å². The Morgan fingerprint density at radius 2 is 0.857 bits per heavy atom. The van der Waals surface area contributed by atoms with Crippen molar-refractivity contribution in [1.29, 1.82) is 0 Å². The van der Waals surface area contributed by atoms with E-state index in [0.29, 0.717) is 29.2 Å². The summed E-state index contributed by atoms with van der Waals surface area (Å²) >= 11 is 0. The highest BCUT2D eigenvalue weighted by Gasteiger charge is 2.25. The van der Waals surface area contributed by atoms with Crippen molar-refractivity contribution in [2.24, 2.45) is 10.2 Å². The molecule has 4 rings (SSSR count). The zero-order chi connectivity index (χ0) is 31.7. The Morgan fingerprint density at radius 1 is 0.452 bits per heavy atom. The third kappa shape index (κ3) is 8.27. The number of nitrogens with two attached hydrogens (primary N) is 2. The zero-order valence-electron chi connectivity index (χ0n) is 20.7. The van der Waals surface area contributed by atoms with Crippen LogP contribution in [0.3, 0.4) is 0 Å². The summed E-state index contributed by atoms with van der Waals surface area (Å²) < 4.78 is 126. The molecule has 8 N–H and O–H groups in total. The lowest BCUT2D eigenvalue weighted by molar-refractivity contribution is 0.478. The average Bonchev–Trinajstić information content (AvgIpc) is 2.85. The quantitative estimate of drug-likeness (QED) is 0.0984. The summed E-state index contributed by atoms with van der Waals surface area (Å²) in [7, 11) is -19.0. The molecule has 0 saturated carbocycles. The van der Waals surface area contributed by atoms with Gasteiger partial charge in [-0.25, -0.2) is 0 Å². The van der Waals surface area contributed by atoms with Gasteiger partial charge >= 0.3 is 0 Å². The van der Waals surface area contributed by atoms with Crippen LogP contribution in [0.1, 0.15) is 0 Å². The van der Waals surface area contributed by atoms with E-state index in [2.05, 4.69) is 10.2 Å². The highest BCUT2D eigenvalue weighted by molar-refractivity contribution is 7.87. The van der Waals surface area contributed by atoms with E-state index in [1.807, 2.05) is 0 Å². The lowest BCUT2D eigenvalue weighted by Crippen LogP contribution is -2.07. The van der Waals surface area contributed by atoms with Crippen molar-refractivity contribution >= 4 is 74.0 Å². The van der Waals surface area contributed by atoms with Gasteiger partial charge in [-0.15, -0.1) is 0 Å². The third-order valence-electron chi connectivity index (χ3n) is 5.15. The van der Waals surface area contributed by atoms with Gasteiger partial charge < -0.3 is 11.5 Å². The number of benzene rings is 4. The van der Waals surface area contributed by atoms with E-state index in [4.69, 9.17) is 20.6 Å². The Hall–Kier alpha value is -4.02.